The molecular weight excluding hydrogens is 213 g/mol. The molecule has 1 heterocycles. The van der Waals surface area contributed by atoms with Gasteiger partial charge in [-0.05, 0) is 13.6 Å². The van der Waals surface area contributed by atoms with Crippen LogP contribution in [-0.4, -0.2) is 37.0 Å². The van der Waals surface area contributed by atoms with Gasteiger partial charge in [0.2, 0.25) is 5.92 Å². The van der Waals surface area contributed by atoms with Crippen LogP contribution in [0.15, 0.2) is 0 Å². The zero-order valence-electron chi connectivity index (χ0n) is 8.35. The topological polar surface area (TPSA) is 27.0 Å². The molecule has 5 heteroatoms. The van der Waals surface area contributed by atoms with Crippen LogP contribution in [0.3, 0.4) is 0 Å². The molecule has 0 bridgehead atoms. The van der Waals surface area contributed by atoms with Gasteiger partial charge in [-0.2, -0.15) is 0 Å². The summed E-state index contributed by atoms with van der Waals surface area (Å²) in [5.41, 5.74) is 6.99. The van der Waals surface area contributed by atoms with Gasteiger partial charge in [0.25, 0.3) is 0 Å². The van der Waals surface area contributed by atoms with Crippen molar-refractivity contribution in [3.8, 4) is 0 Å². The summed E-state index contributed by atoms with van der Waals surface area (Å²) in [5, 5.41) is 0. The van der Waals surface area contributed by atoms with Gasteiger partial charge in [0.1, 0.15) is 0 Å². The first-order valence-electron chi connectivity index (χ1n) is 4.30. The monoisotopic (exact) mass is 230 g/mol. The van der Waals surface area contributed by atoms with Crippen molar-refractivity contribution in [3.63, 3.8) is 0 Å². The fraction of sp³-hybridized carbons (Fsp3) is 1.00. The Hall–Kier alpha value is 0.364. The molecule has 0 aromatic heterocycles. The molecular formula is C8H17F2N2V-. The van der Waals surface area contributed by atoms with Crippen molar-refractivity contribution in [2.75, 3.05) is 20.1 Å². The Morgan fingerprint density at radius 2 is 1.85 bits per heavy atom. The Balaban J connectivity index is 0. The van der Waals surface area contributed by atoms with Crippen LogP contribution in [0.4, 0.5) is 8.78 Å². The first-order chi connectivity index (χ1) is 5.52. The largest absolute Gasteiger partial charge is 0.670 e. The van der Waals surface area contributed by atoms with Crippen LogP contribution < -0.4 is 0 Å². The van der Waals surface area contributed by atoms with Gasteiger partial charge in [0.05, 0.1) is 6.54 Å². The number of rotatable bonds is 0. The molecule has 0 amide bonds. The number of alkyl halides is 2. The van der Waals surface area contributed by atoms with E-state index in [4.69, 9.17) is 5.73 Å². The molecule has 79 valence electrons. The van der Waals surface area contributed by atoms with E-state index in [0.717, 1.165) is 0 Å². The molecule has 2 nitrogen and oxygen atoms in total. The first-order valence-corrected chi connectivity index (χ1v) is 4.30. The van der Waals surface area contributed by atoms with Crippen LogP contribution >= 0.6 is 0 Å². The normalized spacial score (nSPS) is 26.8. The summed E-state index contributed by atoms with van der Waals surface area (Å²) in [4.78, 5) is 1.56. The molecule has 1 rings (SSSR count). The number of hydrogen-bond donors (Lipinski definition) is 0. The number of piperidine rings is 1. The maximum absolute atomic E-state index is 12.6. The molecule has 0 aromatic rings. The zero-order valence-corrected chi connectivity index (χ0v) is 9.75. The fourth-order valence-electron chi connectivity index (χ4n) is 1.11. The number of hydrogen-bond acceptors (Lipinski definition) is 1. The third-order valence-corrected chi connectivity index (χ3v) is 1.79. The third-order valence-electron chi connectivity index (χ3n) is 1.79. The van der Waals surface area contributed by atoms with Crippen molar-refractivity contribution in [1.82, 2.24) is 4.90 Å². The van der Waals surface area contributed by atoms with E-state index in [2.05, 4.69) is 0 Å². The third kappa shape index (κ3) is 4.96. The molecule has 1 atom stereocenters. The van der Waals surface area contributed by atoms with Gasteiger partial charge in [0, 0.05) is 18.6 Å². The van der Waals surface area contributed by atoms with Gasteiger partial charge in [0.15, 0.2) is 0 Å². The van der Waals surface area contributed by atoms with Crippen LogP contribution in [0.1, 0.15) is 20.3 Å². The average molecular weight is 230 g/mol. The molecule has 1 radical (unpaired) electrons. The molecule has 1 unspecified atom stereocenters. The van der Waals surface area contributed by atoms with Crippen molar-refractivity contribution < 1.29 is 27.3 Å². The second-order valence-electron chi connectivity index (χ2n) is 2.84. The summed E-state index contributed by atoms with van der Waals surface area (Å²) >= 11 is 0. The number of halogens is 2. The summed E-state index contributed by atoms with van der Waals surface area (Å²) in [7, 11) is 1.65. The molecule has 0 aromatic carbocycles. The molecule has 1 aliphatic heterocycles. The summed E-state index contributed by atoms with van der Waals surface area (Å²) < 4.78 is 25.2. The van der Waals surface area contributed by atoms with Gasteiger partial charge in [-0.25, -0.2) is 8.78 Å². The van der Waals surface area contributed by atoms with Crippen LogP contribution in [-0.2, 0) is 18.6 Å². The second-order valence-corrected chi connectivity index (χ2v) is 2.84. The summed E-state index contributed by atoms with van der Waals surface area (Å²) in [6.45, 7) is 4.35. The Labute approximate surface area is 90.7 Å². The Kier molecular flexibility index (Phi) is 8.23. The molecule has 1 fully saturated rings. The summed E-state index contributed by atoms with van der Waals surface area (Å²) in [5.74, 6) is -2.80. The van der Waals surface area contributed by atoms with Crippen LogP contribution in [0.2, 0.25) is 0 Å². The minimum absolute atomic E-state index is 0. The predicted molar refractivity (Wildman–Crippen MR) is 46.5 cm³/mol. The Bertz CT molecular complexity index is 133. The average Bonchev–Trinajstić information content (AvgIpc) is 2.01. The first kappa shape index (κ1) is 15.8. The van der Waals surface area contributed by atoms with Crippen molar-refractivity contribution >= 4 is 0 Å². The maximum Gasteiger partial charge on any atom is 0.244 e. The van der Waals surface area contributed by atoms with E-state index in [-0.39, 0.29) is 31.5 Å². The predicted octanol–water partition coefficient (Wildman–Crippen LogP) is 2.40. The fourth-order valence-corrected chi connectivity index (χ4v) is 1.11. The Morgan fingerprint density at radius 3 is 2.15 bits per heavy atom. The standard InChI is InChI=1S/C6H11F2N2.C2H6.V/c1-10-3-2-5(9)6(7,8)4-10;1-2;/h5,9H,2-4H2,1H3;1-2H3;/q-1;;. The summed E-state index contributed by atoms with van der Waals surface area (Å²) in [6.07, 6.45) is 0.281. The number of nitrogens with zero attached hydrogens (tertiary/aromatic N) is 1. The SMILES string of the molecule is CC.CN1CCC([NH-])C(F)(F)C1.[V]. The number of nitrogens with one attached hydrogen (secondary N) is 1. The van der Waals surface area contributed by atoms with Gasteiger partial charge in [-0.1, -0.05) is 26.3 Å². The number of likely N-dealkylation sites (tertiary alicyclic amines) is 1. The second kappa shape index (κ2) is 6.76. The van der Waals surface area contributed by atoms with E-state index in [1.807, 2.05) is 13.8 Å². The van der Waals surface area contributed by atoms with Gasteiger partial charge in [-0.15, -0.1) is 0 Å². The van der Waals surface area contributed by atoms with E-state index in [1.165, 1.54) is 0 Å². The Morgan fingerprint density at radius 1 is 1.38 bits per heavy atom. The molecule has 13 heavy (non-hydrogen) atoms. The maximum atomic E-state index is 12.6. The van der Waals surface area contributed by atoms with Crippen molar-refractivity contribution in [2.24, 2.45) is 0 Å². The molecule has 0 saturated carbocycles. The van der Waals surface area contributed by atoms with E-state index in [1.54, 1.807) is 11.9 Å². The van der Waals surface area contributed by atoms with Crippen LogP contribution in [0, 0.1) is 0 Å². The molecule has 1 N–H and O–H groups in total. The summed E-state index contributed by atoms with van der Waals surface area (Å²) in [6, 6.07) is -1.19. The van der Waals surface area contributed by atoms with Gasteiger partial charge >= 0.3 is 0 Å². The van der Waals surface area contributed by atoms with Gasteiger partial charge in [-0.3, -0.25) is 0 Å². The van der Waals surface area contributed by atoms with E-state index >= 15 is 0 Å². The minimum atomic E-state index is -2.80. The van der Waals surface area contributed by atoms with E-state index in [0.29, 0.717) is 6.54 Å². The molecule has 0 aliphatic carbocycles. The van der Waals surface area contributed by atoms with Crippen LogP contribution in [0.5, 0.6) is 0 Å². The van der Waals surface area contributed by atoms with Crippen LogP contribution in [0.25, 0.3) is 5.73 Å². The quantitative estimate of drug-likeness (QED) is 0.627. The smallest absolute Gasteiger partial charge is 0.244 e. The molecule has 1 aliphatic rings. The van der Waals surface area contributed by atoms with E-state index in [9.17, 15) is 8.78 Å². The van der Waals surface area contributed by atoms with Crippen molar-refractivity contribution in [1.29, 1.82) is 0 Å². The minimum Gasteiger partial charge on any atom is -0.670 e. The van der Waals surface area contributed by atoms with E-state index < -0.39 is 12.0 Å². The molecule has 1 saturated heterocycles. The van der Waals surface area contributed by atoms with Gasteiger partial charge < -0.3 is 10.6 Å². The van der Waals surface area contributed by atoms with Crippen molar-refractivity contribution in [3.05, 3.63) is 5.73 Å². The molecule has 0 spiro atoms. The zero-order chi connectivity index (χ0) is 9.78. The van der Waals surface area contributed by atoms with Crippen molar-refractivity contribution in [2.45, 2.75) is 32.2 Å².